The highest BCUT2D eigenvalue weighted by Crippen LogP contribution is 2.16. The summed E-state index contributed by atoms with van der Waals surface area (Å²) >= 11 is 0. The first kappa shape index (κ1) is 24.3. The van der Waals surface area contributed by atoms with Gasteiger partial charge in [0.2, 0.25) is 5.91 Å². The van der Waals surface area contributed by atoms with Crippen molar-refractivity contribution >= 4 is 42.1 Å². The van der Waals surface area contributed by atoms with Crippen LogP contribution in [0.25, 0.3) is 0 Å². The quantitative estimate of drug-likeness (QED) is 0.638. The number of likely N-dealkylation sites (tertiary alicyclic amines) is 1. The van der Waals surface area contributed by atoms with Crippen LogP contribution in [0.2, 0.25) is 0 Å². The molecular formula is C22H31Cl2N3O. The van der Waals surface area contributed by atoms with Gasteiger partial charge in [-0.2, -0.15) is 0 Å². The van der Waals surface area contributed by atoms with Crippen LogP contribution in [0.15, 0.2) is 48.5 Å². The van der Waals surface area contributed by atoms with Crippen molar-refractivity contribution in [3.63, 3.8) is 0 Å². The summed E-state index contributed by atoms with van der Waals surface area (Å²) in [7, 11) is 0. The van der Waals surface area contributed by atoms with Crippen molar-refractivity contribution in [1.29, 1.82) is 0 Å². The van der Waals surface area contributed by atoms with Crippen LogP contribution in [-0.4, -0.2) is 23.9 Å². The Morgan fingerprint density at radius 1 is 0.929 bits per heavy atom. The summed E-state index contributed by atoms with van der Waals surface area (Å²) in [6.45, 7) is 3.39. The lowest BCUT2D eigenvalue weighted by Crippen LogP contribution is -2.23. The molecule has 4 nitrogen and oxygen atoms in total. The predicted molar refractivity (Wildman–Crippen MR) is 122 cm³/mol. The van der Waals surface area contributed by atoms with Crippen LogP contribution < -0.4 is 11.1 Å². The van der Waals surface area contributed by atoms with E-state index in [0.29, 0.717) is 12.8 Å². The van der Waals surface area contributed by atoms with Crippen molar-refractivity contribution in [2.24, 2.45) is 0 Å². The van der Waals surface area contributed by atoms with E-state index >= 15 is 0 Å². The van der Waals surface area contributed by atoms with Crippen LogP contribution in [-0.2, 0) is 17.8 Å². The normalized spacial score (nSPS) is 14.3. The van der Waals surface area contributed by atoms with Gasteiger partial charge in [0.25, 0.3) is 0 Å². The fourth-order valence-corrected chi connectivity index (χ4v) is 3.48. The number of nitrogen functional groups attached to an aromatic ring is 1. The molecule has 1 aliphatic heterocycles. The van der Waals surface area contributed by atoms with Crippen molar-refractivity contribution in [2.45, 2.75) is 45.1 Å². The summed E-state index contributed by atoms with van der Waals surface area (Å²) in [5.74, 6) is 0.0218. The minimum absolute atomic E-state index is 0. The zero-order valence-electron chi connectivity index (χ0n) is 16.2. The molecule has 28 heavy (non-hydrogen) atoms. The molecule has 1 aliphatic rings. The number of hydrogen-bond donors (Lipinski definition) is 2. The second-order valence-electron chi connectivity index (χ2n) is 7.13. The van der Waals surface area contributed by atoms with Crippen LogP contribution in [0.5, 0.6) is 0 Å². The van der Waals surface area contributed by atoms with Crippen molar-refractivity contribution in [2.75, 3.05) is 24.1 Å². The molecule has 0 aliphatic carbocycles. The minimum Gasteiger partial charge on any atom is -0.399 e. The predicted octanol–water partition coefficient (Wildman–Crippen LogP) is 5.06. The van der Waals surface area contributed by atoms with Gasteiger partial charge in [-0.05, 0) is 61.7 Å². The number of anilines is 2. The lowest BCUT2D eigenvalue weighted by Gasteiger charge is -2.19. The molecule has 3 rings (SSSR count). The van der Waals surface area contributed by atoms with Gasteiger partial charge in [-0.15, -0.1) is 24.8 Å². The maximum atomic E-state index is 12.2. The zero-order valence-corrected chi connectivity index (χ0v) is 17.9. The number of hydrogen-bond acceptors (Lipinski definition) is 3. The number of nitrogens with zero attached hydrogens (tertiary/aromatic N) is 1. The third-order valence-electron chi connectivity index (χ3n) is 5.02. The topological polar surface area (TPSA) is 58.4 Å². The molecule has 0 saturated carbocycles. The minimum atomic E-state index is 0. The smallest absolute Gasteiger partial charge is 0.224 e. The van der Waals surface area contributed by atoms with Crippen LogP contribution in [0.1, 0.15) is 43.2 Å². The van der Waals surface area contributed by atoms with Crippen molar-refractivity contribution < 1.29 is 4.79 Å². The van der Waals surface area contributed by atoms with E-state index in [1.54, 1.807) is 0 Å². The van der Waals surface area contributed by atoms with E-state index in [1.807, 2.05) is 36.4 Å². The Hall–Kier alpha value is -1.75. The molecular weight excluding hydrogens is 393 g/mol. The van der Waals surface area contributed by atoms with Crippen molar-refractivity contribution in [3.05, 3.63) is 59.7 Å². The standard InChI is InChI=1S/C22H29N3O.2ClH/c23-21-8-4-3-7-19(21)11-14-22(26)24-20-12-9-18(10-13-20)17-25-15-5-1-2-6-16-25;;/h3-4,7-10,12-13H,1-2,5-6,11,14-17,23H2,(H,24,26);2*1H. The fourth-order valence-electron chi connectivity index (χ4n) is 3.48. The van der Waals surface area contributed by atoms with E-state index in [4.69, 9.17) is 5.73 Å². The first-order chi connectivity index (χ1) is 12.7. The summed E-state index contributed by atoms with van der Waals surface area (Å²) < 4.78 is 0. The molecule has 0 atom stereocenters. The maximum absolute atomic E-state index is 12.2. The molecule has 0 unspecified atom stereocenters. The maximum Gasteiger partial charge on any atom is 0.224 e. The molecule has 1 fully saturated rings. The highest BCUT2D eigenvalue weighted by molar-refractivity contribution is 5.90. The molecule has 0 radical (unpaired) electrons. The van der Waals surface area contributed by atoms with E-state index in [1.165, 1.54) is 44.3 Å². The van der Waals surface area contributed by atoms with Gasteiger partial charge in [0.15, 0.2) is 0 Å². The number of nitrogens with two attached hydrogens (primary N) is 1. The van der Waals surface area contributed by atoms with Crippen molar-refractivity contribution in [3.8, 4) is 0 Å². The van der Waals surface area contributed by atoms with Gasteiger partial charge in [0.1, 0.15) is 0 Å². The Morgan fingerprint density at radius 3 is 2.21 bits per heavy atom. The first-order valence-corrected chi connectivity index (χ1v) is 9.65. The van der Waals surface area contributed by atoms with Crippen LogP contribution in [0.4, 0.5) is 11.4 Å². The molecule has 1 amide bonds. The third-order valence-corrected chi connectivity index (χ3v) is 5.02. The van der Waals surface area contributed by atoms with Crippen LogP contribution in [0.3, 0.4) is 0 Å². The molecule has 3 N–H and O–H groups in total. The van der Waals surface area contributed by atoms with E-state index in [9.17, 15) is 4.79 Å². The monoisotopic (exact) mass is 423 g/mol. The van der Waals surface area contributed by atoms with Gasteiger partial charge in [-0.1, -0.05) is 43.2 Å². The van der Waals surface area contributed by atoms with E-state index in [2.05, 4.69) is 22.3 Å². The number of carbonyl (C=O) groups is 1. The molecule has 2 aromatic carbocycles. The number of halogens is 2. The molecule has 1 saturated heterocycles. The lowest BCUT2D eigenvalue weighted by molar-refractivity contribution is -0.116. The second-order valence-corrected chi connectivity index (χ2v) is 7.13. The number of para-hydroxylation sites is 1. The number of rotatable bonds is 6. The van der Waals surface area contributed by atoms with E-state index in [0.717, 1.165) is 23.5 Å². The van der Waals surface area contributed by atoms with Gasteiger partial charge in [-0.25, -0.2) is 0 Å². The fraction of sp³-hybridized carbons (Fsp3) is 0.409. The van der Waals surface area contributed by atoms with E-state index in [-0.39, 0.29) is 30.7 Å². The number of amides is 1. The highest BCUT2D eigenvalue weighted by Gasteiger charge is 2.10. The SMILES string of the molecule is Cl.Cl.Nc1ccccc1CCC(=O)Nc1ccc(CN2CCCCCC2)cc1. The van der Waals surface area contributed by atoms with Gasteiger partial charge in [0.05, 0.1) is 0 Å². The molecule has 0 aromatic heterocycles. The molecule has 0 spiro atoms. The Balaban J connectivity index is 0.00000196. The molecule has 0 bridgehead atoms. The largest absolute Gasteiger partial charge is 0.399 e. The second kappa shape index (κ2) is 12.7. The van der Waals surface area contributed by atoms with Crippen LogP contribution >= 0.6 is 24.8 Å². The third kappa shape index (κ3) is 7.70. The van der Waals surface area contributed by atoms with Gasteiger partial charge >= 0.3 is 0 Å². The zero-order chi connectivity index (χ0) is 18.2. The Morgan fingerprint density at radius 2 is 1.57 bits per heavy atom. The summed E-state index contributed by atoms with van der Waals surface area (Å²) in [4.78, 5) is 14.7. The molecule has 154 valence electrons. The summed E-state index contributed by atoms with van der Waals surface area (Å²) in [6, 6.07) is 15.9. The summed E-state index contributed by atoms with van der Waals surface area (Å²) in [5.41, 5.74) is 9.86. The number of carbonyl (C=O) groups excluding carboxylic acids is 1. The molecule has 6 heteroatoms. The average Bonchev–Trinajstić information content (AvgIpc) is 2.91. The van der Waals surface area contributed by atoms with Gasteiger partial charge in [0, 0.05) is 24.3 Å². The number of nitrogens with one attached hydrogen (secondary N) is 1. The molecule has 2 aromatic rings. The first-order valence-electron chi connectivity index (χ1n) is 9.65. The summed E-state index contributed by atoms with van der Waals surface area (Å²) in [6.07, 6.45) is 6.42. The molecule has 1 heterocycles. The van der Waals surface area contributed by atoms with Gasteiger partial charge < -0.3 is 11.1 Å². The van der Waals surface area contributed by atoms with E-state index < -0.39 is 0 Å². The Kier molecular flexibility index (Phi) is 11.0. The van der Waals surface area contributed by atoms with Crippen molar-refractivity contribution in [1.82, 2.24) is 4.90 Å². The number of benzene rings is 2. The summed E-state index contributed by atoms with van der Waals surface area (Å²) in [5, 5.41) is 2.98. The van der Waals surface area contributed by atoms with Gasteiger partial charge in [-0.3, -0.25) is 9.69 Å². The lowest BCUT2D eigenvalue weighted by atomic mass is 10.1. The highest BCUT2D eigenvalue weighted by atomic mass is 35.5. The number of aryl methyl sites for hydroxylation is 1. The Labute approximate surface area is 180 Å². The Bertz CT molecular complexity index is 714. The van der Waals surface area contributed by atoms with Crippen LogP contribution in [0, 0.1) is 0 Å². The average molecular weight is 424 g/mol.